The summed E-state index contributed by atoms with van der Waals surface area (Å²) in [6, 6.07) is 11.0. The molecule has 1 aliphatic heterocycles. The van der Waals surface area contributed by atoms with E-state index in [1.54, 1.807) is 18.3 Å². The number of para-hydroxylation sites is 1. The van der Waals surface area contributed by atoms with E-state index in [4.69, 9.17) is 14.2 Å². The molecule has 0 bridgehead atoms. The Morgan fingerprint density at radius 3 is 2.66 bits per heavy atom. The molecule has 1 amide bonds. The fourth-order valence-corrected chi connectivity index (χ4v) is 3.65. The van der Waals surface area contributed by atoms with E-state index >= 15 is 0 Å². The van der Waals surface area contributed by atoms with Crippen molar-refractivity contribution in [2.24, 2.45) is 0 Å². The number of ether oxygens (including phenoxy) is 3. The second-order valence-corrected chi connectivity index (χ2v) is 7.30. The lowest BCUT2D eigenvalue weighted by molar-refractivity contribution is -0.119. The van der Waals surface area contributed by atoms with Crippen LogP contribution in [0.25, 0.3) is 10.9 Å². The highest BCUT2D eigenvalue weighted by atomic mass is 79.9. The Labute approximate surface area is 175 Å². The third-order valence-corrected chi connectivity index (χ3v) is 5.25. The van der Waals surface area contributed by atoms with Gasteiger partial charge >= 0.3 is 5.97 Å². The maximum Gasteiger partial charge on any atom is 0.340 e. The van der Waals surface area contributed by atoms with Gasteiger partial charge in [-0.3, -0.25) is 4.79 Å². The Morgan fingerprint density at radius 1 is 1.17 bits per heavy atom. The maximum atomic E-state index is 12.5. The van der Waals surface area contributed by atoms with Crippen molar-refractivity contribution in [3.05, 3.63) is 52.6 Å². The van der Waals surface area contributed by atoms with Gasteiger partial charge in [0.15, 0.2) is 18.1 Å². The topological polar surface area (TPSA) is 78.8 Å². The lowest BCUT2D eigenvalue weighted by atomic mass is 10.2. The van der Waals surface area contributed by atoms with Crippen molar-refractivity contribution in [2.75, 3.05) is 25.1 Å². The molecule has 0 unspecified atom stereocenters. The summed E-state index contributed by atoms with van der Waals surface area (Å²) in [7, 11) is 0. The zero-order valence-corrected chi connectivity index (χ0v) is 17.3. The lowest BCUT2D eigenvalue weighted by Gasteiger charge is -2.20. The highest BCUT2D eigenvalue weighted by Gasteiger charge is 2.19. The van der Waals surface area contributed by atoms with Crippen LogP contribution in [0.5, 0.6) is 11.5 Å². The minimum atomic E-state index is -0.537. The number of nitrogens with zero attached hydrogens (tertiary/aromatic N) is 1. The van der Waals surface area contributed by atoms with E-state index in [1.807, 2.05) is 35.8 Å². The Kier molecular flexibility index (Phi) is 5.44. The van der Waals surface area contributed by atoms with Crippen LogP contribution in [0.15, 0.2) is 47.1 Å². The van der Waals surface area contributed by atoms with Crippen LogP contribution < -0.4 is 14.8 Å². The third-order valence-electron chi connectivity index (χ3n) is 4.59. The number of carbonyl (C=O) groups is 2. The van der Waals surface area contributed by atoms with Gasteiger partial charge in [0.25, 0.3) is 5.91 Å². The van der Waals surface area contributed by atoms with Gasteiger partial charge in [0.1, 0.15) is 13.2 Å². The third kappa shape index (κ3) is 3.93. The van der Waals surface area contributed by atoms with E-state index < -0.39 is 18.5 Å². The van der Waals surface area contributed by atoms with Crippen LogP contribution in [0, 0.1) is 0 Å². The quantitative estimate of drug-likeness (QED) is 0.584. The predicted octanol–water partition coefficient (Wildman–Crippen LogP) is 3.99. The largest absolute Gasteiger partial charge is 0.486 e. The van der Waals surface area contributed by atoms with Crippen molar-refractivity contribution in [3.8, 4) is 11.5 Å². The number of esters is 1. The van der Waals surface area contributed by atoms with Crippen LogP contribution in [-0.2, 0) is 16.1 Å². The first-order valence-electron chi connectivity index (χ1n) is 9.21. The molecule has 0 fully saturated rings. The molecule has 0 saturated heterocycles. The summed E-state index contributed by atoms with van der Waals surface area (Å²) in [6.45, 7) is 3.26. The summed E-state index contributed by atoms with van der Waals surface area (Å²) in [5, 5.41) is 3.52. The average Bonchev–Trinajstić information content (AvgIpc) is 3.11. The molecular weight excluding hydrogens is 440 g/mol. The normalized spacial score (nSPS) is 12.6. The number of carbonyl (C=O) groups excluding carboxylic acids is 2. The van der Waals surface area contributed by atoms with Crippen molar-refractivity contribution in [3.63, 3.8) is 0 Å². The Hall–Kier alpha value is -3.00. The number of aromatic nitrogens is 1. The molecule has 1 aliphatic rings. The molecule has 150 valence electrons. The van der Waals surface area contributed by atoms with E-state index in [0.29, 0.717) is 40.4 Å². The number of rotatable bonds is 5. The first-order chi connectivity index (χ1) is 14.1. The molecule has 8 heteroatoms. The number of halogens is 1. The second kappa shape index (κ2) is 8.16. The van der Waals surface area contributed by atoms with Gasteiger partial charge in [-0.05, 0) is 28.9 Å². The molecule has 2 heterocycles. The lowest BCUT2D eigenvalue weighted by Crippen LogP contribution is -2.21. The molecule has 29 heavy (non-hydrogen) atoms. The van der Waals surface area contributed by atoms with Gasteiger partial charge in [-0.25, -0.2) is 4.79 Å². The summed E-state index contributed by atoms with van der Waals surface area (Å²) < 4.78 is 18.9. The van der Waals surface area contributed by atoms with Gasteiger partial charge in [-0.1, -0.05) is 18.2 Å². The molecule has 7 nitrogen and oxygen atoms in total. The first-order valence-corrected chi connectivity index (χ1v) is 10.00. The molecule has 0 saturated carbocycles. The molecule has 0 radical (unpaired) electrons. The molecule has 2 aromatic carbocycles. The zero-order chi connectivity index (χ0) is 20.4. The Morgan fingerprint density at radius 2 is 1.90 bits per heavy atom. The number of hydrogen-bond donors (Lipinski definition) is 1. The van der Waals surface area contributed by atoms with E-state index in [1.165, 1.54) is 0 Å². The van der Waals surface area contributed by atoms with E-state index in [2.05, 4.69) is 21.2 Å². The number of nitrogens with one attached hydrogen (secondary N) is 1. The average molecular weight is 459 g/mol. The summed E-state index contributed by atoms with van der Waals surface area (Å²) in [6.07, 6.45) is 1.75. The highest BCUT2D eigenvalue weighted by molar-refractivity contribution is 9.10. The monoisotopic (exact) mass is 458 g/mol. The van der Waals surface area contributed by atoms with Crippen LogP contribution in [0.1, 0.15) is 17.3 Å². The fraction of sp³-hybridized carbons (Fsp3) is 0.238. The van der Waals surface area contributed by atoms with E-state index in [0.717, 1.165) is 17.4 Å². The van der Waals surface area contributed by atoms with E-state index in [-0.39, 0.29) is 0 Å². The van der Waals surface area contributed by atoms with Gasteiger partial charge in [0, 0.05) is 40.2 Å². The van der Waals surface area contributed by atoms with Crippen LogP contribution in [0.2, 0.25) is 0 Å². The van der Waals surface area contributed by atoms with Crippen LogP contribution in [0.4, 0.5) is 5.69 Å². The number of hydrogen-bond acceptors (Lipinski definition) is 5. The van der Waals surface area contributed by atoms with Crippen molar-refractivity contribution in [2.45, 2.75) is 13.5 Å². The smallest absolute Gasteiger partial charge is 0.340 e. The standard InChI is InChI=1S/C21H19BrN2O5/c1-2-24-11-14(13-5-3-4-6-17(13)24)21(26)29-12-20(25)23-16-10-19-18(9-15(16)22)27-7-8-28-19/h3-6,9-11H,2,7-8,12H2,1H3,(H,23,25). The number of amides is 1. The van der Waals surface area contributed by atoms with Gasteiger partial charge in [-0.15, -0.1) is 0 Å². The van der Waals surface area contributed by atoms with Gasteiger partial charge in [0.2, 0.25) is 0 Å². The molecule has 0 spiro atoms. The SMILES string of the molecule is CCn1cc(C(=O)OCC(=O)Nc2cc3c(cc2Br)OCCO3)c2ccccc21. The zero-order valence-electron chi connectivity index (χ0n) is 15.7. The Bertz CT molecular complexity index is 1090. The summed E-state index contributed by atoms with van der Waals surface area (Å²) in [5.74, 6) is 0.179. The first kappa shape index (κ1) is 19.3. The molecule has 0 aliphatic carbocycles. The van der Waals surface area contributed by atoms with Crippen LogP contribution in [0.3, 0.4) is 0 Å². The molecule has 0 atom stereocenters. The van der Waals surface area contributed by atoms with Crippen molar-refractivity contribution >= 4 is 44.4 Å². The molecule has 1 aromatic heterocycles. The maximum absolute atomic E-state index is 12.5. The number of anilines is 1. The van der Waals surface area contributed by atoms with Crippen molar-refractivity contribution in [1.29, 1.82) is 0 Å². The molecular formula is C21H19BrN2O5. The highest BCUT2D eigenvalue weighted by Crippen LogP contribution is 2.38. The van der Waals surface area contributed by atoms with Crippen LogP contribution >= 0.6 is 15.9 Å². The van der Waals surface area contributed by atoms with Gasteiger partial charge in [-0.2, -0.15) is 0 Å². The fourth-order valence-electron chi connectivity index (χ4n) is 3.23. The second-order valence-electron chi connectivity index (χ2n) is 6.45. The minimum Gasteiger partial charge on any atom is -0.486 e. The minimum absolute atomic E-state index is 0.397. The van der Waals surface area contributed by atoms with Gasteiger partial charge in [0.05, 0.1) is 11.3 Å². The number of benzene rings is 2. The summed E-state index contributed by atoms with van der Waals surface area (Å²) in [5.41, 5.74) is 1.90. The van der Waals surface area contributed by atoms with Gasteiger partial charge < -0.3 is 24.1 Å². The molecule has 1 N–H and O–H groups in total. The van der Waals surface area contributed by atoms with E-state index in [9.17, 15) is 9.59 Å². The summed E-state index contributed by atoms with van der Waals surface area (Å²) >= 11 is 3.40. The van der Waals surface area contributed by atoms with Crippen molar-refractivity contribution in [1.82, 2.24) is 4.57 Å². The number of fused-ring (bicyclic) bond motifs is 2. The predicted molar refractivity (Wildman–Crippen MR) is 112 cm³/mol. The Balaban J connectivity index is 1.43. The summed E-state index contributed by atoms with van der Waals surface area (Å²) in [4.78, 5) is 24.8. The molecule has 4 rings (SSSR count). The number of aryl methyl sites for hydroxylation is 1. The van der Waals surface area contributed by atoms with Crippen molar-refractivity contribution < 1.29 is 23.8 Å². The molecule has 3 aromatic rings. The van der Waals surface area contributed by atoms with Crippen LogP contribution in [-0.4, -0.2) is 36.3 Å².